The lowest BCUT2D eigenvalue weighted by atomic mass is 10.1. The molecule has 3 rings (SSSR count). The van der Waals surface area contributed by atoms with Crippen molar-refractivity contribution in [3.63, 3.8) is 0 Å². The molecular weight excluding hydrogens is 682 g/mol. The van der Waals surface area contributed by atoms with Gasteiger partial charge in [-0.25, -0.2) is 0 Å². The first kappa shape index (κ1) is 50.6. The average Bonchev–Trinajstić information content (AvgIpc) is 3.06. The van der Waals surface area contributed by atoms with E-state index in [4.69, 9.17) is 28.4 Å². The van der Waals surface area contributed by atoms with Gasteiger partial charge in [0.15, 0.2) is 0 Å². The molecule has 3 aromatic rings. The SMILES string of the molecule is CCOCc1cccc(COCC)c1S.CCOCc1cccc(COCC)c1S.CCOCc1cccc(COCC)c1S.F.F.F. The standard InChI is InChI=1S/3C12H18O2S.3FH/c3*1-3-13-8-10-6-5-7-11(12(10)15)9-14-4-2;;;/h3*5-7,15H,3-4,8-9H2,1-2H3;3*1H. The maximum atomic E-state index is 5.37. The zero-order valence-electron chi connectivity index (χ0n) is 29.2. The third kappa shape index (κ3) is 20.1. The topological polar surface area (TPSA) is 55.4 Å². The van der Waals surface area contributed by atoms with Crippen molar-refractivity contribution in [2.75, 3.05) is 39.6 Å². The lowest BCUT2D eigenvalue weighted by molar-refractivity contribution is 0.126. The summed E-state index contributed by atoms with van der Waals surface area (Å²) in [6.07, 6.45) is 0. The Labute approximate surface area is 302 Å². The molecule has 3 aromatic carbocycles. The van der Waals surface area contributed by atoms with E-state index in [0.29, 0.717) is 39.6 Å². The Hall–Kier alpha value is -1.74. The fraction of sp³-hybridized carbons (Fsp3) is 0.500. The van der Waals surface area contributed by atoms with Crippen LogP contribution in [0.2, 0.25) is 0 Å². The van der Waals surface area contributed by atoms with Crippen LogP contribution in [0.4, 0.5) is 14.1 Å². The van der Waals surface area contributed by atoms with Crippen molar-refractivity contribution in [1.82, 2.24) is 0 Å². The number of thiol groups is 3. The average molecular weight is 739 g/mol. The van der Waals surface area contributed by atoms with E-state index < -0.39 is 0 Å². The van der Waals surface area contributed by atoms with Gasteiger partial charge in [-0.1, -0.05) is 54.6 Å². The maximum absolute atomic E-state index is 5.37. The van der Waals surface area contributed by atoms with Crippen LogP contribution in [0.1, 0.15) is 74.9 Å². The molecule has 0 atom stereocenters. The van der Waals surface area contributed by atoms with Crippen molar-refractivity contribution in [2.24, 2.45) is 0 Å². The Balaban J connectivity index is -0.000000614. The molecule has 0 N–H and O–H groups in total. The number of benzene rings is 3. The van der Waals surface area contributed by atoms with Crippen LogP contribution >= 0.6 is 37.9 Å². The van der Waals surface area contributed by atoms with E-state index in [-0.39, 0.29) is 14.1 Å². The molecule has 0 aromatic heterocycles. The monoisotopic (exact) mass is 738 g/mol. The van der Waals surface area contributed by atoms with Gasteiger partial charge in [0, 0.05) is 54.3 Å². The first-order valence-corrected chi connectivity index (χ1v) is 17.1. The molecule has 0 saturated heterocycles. The summed E-state index contributed by atoms with van der Waals surface area (Å²) in [6, 6.07) is 18.3. The Morgan fingerprint density at radius 1 is 0.333 bits per heavy atom. The lowest BCUT2D eigenvalue weighted by Gasteiger charge is -2.10. The number of halogens is 3. The van der Waals surface area contributed by atoms with Crippen LogP contribution in [0.15, 0.2) is 69.3 Å². The third-order valence-corrected chi connectivity index (χ3v) is 8.10. The summed E-state index contributed by atoms with van der Waals surface area (Å²) in [5, 5.41) is 0. The predicted molar refractivity (Wildman–Crippen MR) is 201 cm³/mol. The number of ether oxygens (including phenoxy) is 6. The van der Waals surface area contributed by atoms with E-state index in [0.717, 1.165) is 87.7 Å². The predicted octanol–water partition coefficient (Wildman–Crippen LogP) is 9.60. The third-order valence-electron chi connectivity index (χ3n) is 6.38. The summed E-state index contributed by atoms with van der Waals surface area (Å²) in [4.78, 5) is 2.96. The highest BCUT2D eigenvalue weighted by Crippen LogP contribution is 2.23. The van der Waals surface area contributed by atoms with Gasteiger partial charge in [0.2, 0.25) is 0 Å². The van der Waals surface area contributed by atoms with Gasteiger partial charge >= 0.3 is 0 Å². The minimum absolute atomic E-state index is 0. The molecule has 0 aliphatic heterocycles. The van der Waals surface area contributed by atoms with Crippen molar-refractivity contribution in [3.05, 3.63) is 88.0 Å². The Bertz CT molecular complexity index is 983. The number of hydrogen-bond donors (Lipinski definition) is 3. The highest BCUT2D eigenvalue weighted by molar-refractivity contribution is 7.80. The van der Waals surface area contributed by atoms with E-state index >= 15 is 0 Å². The fourth-order valence-electron chi connectivity index (χ4n) is 3.90. The number of rotatable bonds is 18. The molecule has 6 nitrogen and oxygen atoms in total. The van der Waals surface area contributed by atoms with E-state index in [1.165, 1.54) is 0 Å². The van der Waals surface area contributed by atoms with Crippen LogP contribution in [0.5, 0.6) is 0 Å². The largest absolute Gasteiger partial charge is 0.377 e. The molecule has 0 radical (unpaired) electrons. The Morgan fingerprint density at radius 3 is 0.604 bits per heavy atom. The molecule has 0 heterocycles. The van der Waals surface area contributed by atoms with E-state index in [1.54, 1.807) is 0 Å². The lowest BCUT2D eigenvalue weighted by Crippen LogP contribution is -1.98. The zero-order chi connectivity index (χ0) is 33.3. The molecule has 12 heteroatoms. The van der Waals surface area contributed by atoms with E-state index in [2.05, 4.69) is 37.9 Å². The fourth-order valence-corrected chi connectivity index (χ4v) is 4.74. The number of hydrogen-bond acceptors (Lipinski definition) is 9. The highest BCUT2D eigenvalue weighted by Gasteiger charge is 2.06. The highest BCUT2D eigenvalue weighted by atomic mass is 32.1. The molecule has 0 unspecified atom stereocenters. The molecular formula is C36H57F3O6S3. The van der Waals surface area contributed by atoms with Gasteiger partial charge in [-0.2, -0.15) is 0 Å². The molecule has 48 heavy (non-hydrogen) atoms. The molecule has 0 saturated carbocycles. The van der Waals surface area contributed by atoms with Crippen molar-refractivity contribution >= 4 is 37.9 Å². The molecule has 276 valence electrons. The maximum Gasteiger partial charge on any atom is 0.0727 e. The van der Waals surface area contributed by atoms with Crippen molar-refractivity contribution in [3.8, 4) is 0 Å². The summed E-state index contributed by atoms with van der Waals surface area (Å²) in [6.45, 7) is 20.0. The summed E-state index contributed by atoms with van der Waals surface area (Å²) < 4.78 is 32.2. The van der Waals surface area contributed by atoms with Gasteiger partial charge in [0.05, 0.1) is 39.6 Å². The van der Waals surface area contributed by atoms with Crippen molar-refractivity contribution in [1.29, 1.82) is 0 Å². The van der Waals surface area contributed by atoms with Crippen molar-refractivity contribution in [2.45, 2.75) is 95.9 Å². The minimum atomic E-state index is 0. The smallest absolute Gasteiger partial charge is 0.0727 e. The van der Waals surface area contributed by atoms with Crippen LogP contribution in [-0.2, 0) is 68.1 Å². The molecule has 0 bridgehead atoms. The zero-order valence-corrected chi connectivity index (χ0v) is 31.9. The van der Waals surface area contributed by atoms with Gasteiger partial charge in [-0.15, -0.1) is 37.9 Å². The van der Waals surface area contributed by atoms with Gasteiger partial charge in [-0.05, 0) is 74.9 Å². The van der Waals surface area contributed by atoms with Gasteiger partial charge in [-0.3, -0.25) is 14.1 Å². The molecule has 0 amide bonds. The molecule has 0 aliphatic rings. The first-order chi connectivity index (χ1) is 21.9. The normalized spacial score (nSPS) is 9.94. The van der Waals surface area contributed by atoms with Crippen LogP contribution in [0, 0.1) is 0 Å². The van der Waals surface area contributed by atoms with Crippen LogP contribution < -0.4 is 0 Å². The second-order valence-electron chi connectivity index (χ2n) is 9.60. The summed E-state index contributed by atoms with van der Waals surface area (Å²) in [5.74, 6) is 0. The van der Waals surface area contributed by atoms with E-state index in [9.17, 15) is 0 Å². The van der Waals surface area contributed by atoms with Crippen LogP contribution in [0.25, 0.3) is 0 Å². The van der Waals surface area contributed by atoms with Gasteiger partial charge in [0.25, 0.3) is 0 Å². The Morgan fingerprint density at radius 2 is 0.479 bits per heavy atom. The van der Waals surface area contributed by atoms with E-state index in [1.807, 2.05) is 96.1 Å². The van der Waals surface area contributed by atoms with Gasteiger partial charge < -0.3 is 28.4 Å². The summed E-state index contributed by atoms with van der Waals surface area (Å²) in [7, 11) is 0. The van der Waals surface area contributed by atoms with Crippen molar-refractivity contribution < 1.29 is 42.5 Å². The first-order valence-electron chi connectivity index (χ1n) is 15.7. The second-order valence-corrected chi connectivity index (χ2v) is 10.9. The molecule has 0 spiro atoms. The summed E-state index contributed by atoms with van der Waals surface area (Å²) in [5.41, 5.74) is 6.74. The molecule has 0 aliphatic carbocycles. The van der Waals surface area contributed by atoms with Crippen LogP contribution in [-0.4, -0.2) is 39.6 Å². The quantitative estimate of drug-likeness (QED) is 0.113. The van der Waals surface area contributed by atoms with Crippen LogP contribution in [0.3, 0.4) is 0 Å². The molecule has 0 fully saturated rings. The van der Waals surface area contributed by atoms with Gasteiger partial charge in [0.1, 0.15) is 0 Å². The summed E-state index contributed by atoms with van der Waals surface area (Å²) >= 11 is 13.5. The minimum Gasteiger partial charge on any atom is -0.377 e. The second kappa shape index (κ2) is 32.5. The Kier molecular flexibility index (Phi) is 34.2.